The summed E-state index contributed by atoms with van der Waals surface area (Å²) in [4.78, 5) is 27.7. The van der Waals surface area contributed by atoms with Crippen LogP contribution in [0.2, 0.25) is 0 Å². The number of carbonyl (C=O) groups is 2. The Bertz CT molecular complexity index is 833. The van der Waals surface area contributed by atoms with Gasteiger partial charge in [-0.1, -0.05) is 39.8 Å². The highest BCUT2D eigenvalue weighted by atomic mass is 16.2. The van der Waals surface area contributed by atoms with E-state index >= 15 is 0 Å². The highest BCUT2D eigenvalue weighted by Gasteiger charge is 2.27. The average Bonchev–Trinajstić information content (AvgIpc) is 3.08. The number of hydrogen-bond acceptors (Lipinski definition) is 3. The van der Waals surface area contributed by atoms with E-state index in [1.54, 1.807) is 18.2 Å². The highest BCUT2D eigenvalue weighted by molar-refractivity contribution is 6.08. The fourth-order valence-electron chi connectivity index (χ4n) is 3.99. The Balaban J connectivity index is 1.75. The number of para-hydroxylation sites is 1. The van der Waals surface area contributed by atoms with Crippen molar-refractivity contribution in [3.8, 4) is 0 Å². The lowest BCUT2D eigenvalue weighted by molar-refractivity contribution is 0.0624. The summed E-state index contributed by atoms with van der Waals surface area (Å²) in [5, 5.41) is 9.90. The van der Waals surface area contributed by atoms with Crippen molar-refractivity contribution in [2.45, 2.75) is 40.5 Å². The molecule has 1 saturated heterocycles. The number of nitrogens with one attached hydrogen (secondary N) is 2. The Morgan fingerprint density at radius 2 is 1.89 bits per heavy atom. The number of H-pyrrole nitrogens is 1. The summed E-state index contributed by atoms with van der Waals surface area (Å²) in [5.41, 5.74) is 2.31. The zero-order valence-electron chi connectivity index (χ0n) is 17.2. The lowest BCUT2D eigenvalue weighted by Crippen LogP contribution is -2.42. The molecule has 2 atom stereocenters. The van der Waals surface area contributed by atoms with Gasteiger partial charge in [0, 0.05) is 18.8 Å². The Morgan fingerprint density at radius 1 is 1.21 bits per heavy atom. The van der Waals surface area contributed by atoms with E-state index in [0.29, 0.717) is 34.7 Å². The van der Waals surface area contributed by atoms with E-state index in [1.165, 1.54) is 0 Å². The Kier molecular flexibility index (Phi) is 6.17. The molecule has 1 aromatic heterocycles. The first-order valence-electron chi connectivity index (χ1n) is 10.1. The van der Waals surface area contributed by atoms with E-state index in [2.05, 4.69) is 43.2 Å². The lowest BCUT2D eigenvalue weighted by Gasteiger charge is -2.35. The van der Waals surface area contributed by atoms with Crippen LogP contribution in [0.25, 0.3) is 0 Å². The molecule has 0 bridgehead atoms. The fourth-order valence-corrected chi connectivity index (χ4v) is 3.99. The van der Waals surface area contributed by atoms with Crippen LogP contribution in [0.15, 0.2) is 30.3 Å². The summed E-state index contributed by atoms with van der Waals surface area (Å²) in [5.74, 6) is 1.10. The minimum absolute atomic E-state index is 0.0307. The molecule has 6 heteroatoms. The van der Waals surface area contributed by atoms with Crippen molar-refractivity contribution in [2.24, 2.45) is 17.8 Å². The molecule has 3 rings (SSSR count). The van der Waals surface area contributed by atoms with Crippen LogP contribution in [0.3, 0.4) is 0 Å². The van der Waals surface area contributed by atoms with Gasteiger partial charge in [-0.15, -0.1) is 0 Å². The number of nitrogens with zero attached hydrogens (tertiary/aromatic N) is 2. The molecular weight excluding hydrogens is 352 g/mol. The summed E-state index contributed by atoms with van der Waals surface area (Å²) in [7, 11) is 0. The van der Waals surface area contributed by atoms with Crippen molar-refractivity contribution in [3.05, 3.63) is 47.3 Å². The van der Waals surface area contributed by atoms with E-state index in [-0.39, 0.29) is 11.8 Å². The molecule has 0 saturated carbocycles. The number of likely N-dealkylation sites (tertiary alicyclic amines) is 1. The Morgan fingerprint density at radius 3 is 2.57 bits per heavy atom. The number of benzene rings is 1. The van der Waals surface area contributed by atoms with Crippen molar-refractivity contribution in [2.75, 3.05) is 18.4 Å². The molecule has 1 aliphatic rings. The van der Waals surface area contributed by atoms with Crippen molar-refractivity contribution < 1.29 is 9.59 Å². The molecule has 1 fully saturated rings. The number of rotatable bonds is 5. The van der Waals surface area contributed by atoms with Gasteiger partial charge in [-0.25, -0.2) is 0 Å². The lowest BCUT2D eigenvalue weighted by atomic mass is 9.91. The smallest absolute Gasteiger partial charge is 0.276 e. The number of amides is 2. The van der Waals surface area contributed by atoms with E-state index in [9.17, 15) is 9.59 Å². The van der Waals surface area contributed by atoms with Crippen molar-refractivity contribution in [3.63, 3.8) is 0 Å². The van der Waals surface area contributed by atoms with Gasteiger partial charge < -0.3 is 10.2 Å². The van der Waals surface area contributed by atoms with Gasteiger partial charge in [-0.05, 0) is 48.8 Å². The summed E-state index contributed by atoms with van der Waals surface area (Å²) in [6, 6.07) is 8.96. The molecule has 0 aliphatic carbocycles. The first-order chi connectivity index (χ1) is 13.3. The van der Waals surface area contributed by atoms with Gasteiger partial charge in [0.25, 0.3) is 11.8 Å². The minimum atomic E-state index is -0.313. The van der Waals surface area contributed by atoms with E-state index in [1.807, 2.05) is 17.0 Å². The molecular formula is C22H30N4O2. The largest absolute Gasteiger partial charge is 0.338 e. The first-order valence-corrected chi connectivity index (χ1v) is 10.1. The zero-order chi connectivity index (χ0) is 20.3. The van der Waals surface area contributed by atoms with Crippen LogP contribution in [-0.4, -0.2) is 40.0 Å². The van der Waals surface area contributed by atoms with E-state index < -0.39 is 0 Å². The minimum Gasteiger partial charge on any atom is -0.338 e. The molecule has 2 N–H and O–H groups in total. The summed E-state index contributed by atoms with van der Waals surface area (Å²) in [6.45, 7) is 10.1. The monoisotopic (exact) mass is 382 g/mol. The number of anilines is 1. The maximum atomic E-state index is 13.1. The van der Waals surface area contributed by atoms with Crippen LogP contribution in [0.4, 0.5) is 5.69 Å². The molecule has 1 aliphatic heterocycles. The number of piperidine rings is 1. The van der Waals surface area contributed by atoms with Crippen molar-refractivity contribution in [1.82, 2.24) is 15.1 Å². The zero-order valence-corrected chi connectivity index (χ0v) is 17.2. The summed E-state index contributed by atoms with van der Waals surface area (Å²) in [6.07, 6.45) is 1.97. The molecule has 0 spiro atoms. The predicted molar refractivity (Wildman–Crippen MR) is 110 cm³/mol. The van der Waals surface area contributed by atoms with Crippen LogP contribution in [0.5, 0.6) is 0 Å². The van der Waals surface area contributed by atoms with Crippen molar-refractivity contribution in [1.29, 1.82) is 0 Å². The van der Waals surface area contributed by atoms with Gasteiger partial charge in [-0.2, -0.15) is 5.10 Å². The highest BCUT2D eigenvalue weighted by Crippen LogP contribution is 2.25. The summed E-state index contributed by atoms with van der Waals surface area (Å²) >= 11 is 0. The standard InChI is InChI=1S/C22H30N4O2/c1-14(2)9-17-11-20(25-24-17)21(27)23-19-8-6-5-7-18(19)22(28)26-12-15(3)10-16(4)13-26/h5-8,11,14-16H,9-10,12-13H2,1-4H3,(H,23,27)(H,24,25). The third-order valence-electron chi connectivity index (χ3n) is 5.05. The fraction of sp³-hybridized carbons (Fsp3) is 0.500. The average molecular weight is 383 g/mol. The SMILES string of the molecule is CC(C)Cc1cc(C(=O)Nc2ccccc2C(=O)N2CC(C)CC(C)C2)n[nH]1. The molecule has 6 nitrogen and oxygen atoms in total. The maximum absolute atomic E-state index is 13.1. The third-order valence-corrected chi connectivity index (χ3v) is 5.05. The molecule has 28 heavy (non-hydrogen) atoms. The van der Waals surface area contributed by atoms with Gasteiger partial charge in [0.05, 0.1) is 11.3 Å². The van der Waals surface area contributed by atoms with Crippen molar-refractivity contribution >= 4 is 17.5 Å². The first kappa shape index (κ1) is 20.1. The third kappa shape index (κ3) is 4.80. The second-order valence-electron chi connectivity index (χ2n) is 8.53. The quantitative estimate of drug-likeness (QED) is 0.821. The molecule has 150 valence electrons. The van der Waals surface area contributed by atoms with Gasteiger partial charge in [-0.3, -0.25) is 14.7 Å². The van der Waals surface area contributed by atoms with E-state index in [0.717, 1.165) is 31.6 Å². The Labute approximate surface area is 166 Å². The molecule has 2 heterocycles. The molecule has 0 radical (unpaired) electrons. The number of carbonyl (C=O) groups excluding carboxylic acids is 2. The predicted octanol–water partition coefficient (Wildman–Crippen LogP) is 3.98. The van der Waals surface area contributed by atoms with Gasteiger partial charge >= 0.3 is 0 Å². The normalized spacial score (nSPS) is 19.7. The topological polar surface area (TPSA) is 78.1 Å². The second-order valence-corrected chi connectivity index (χ2v) is 8.53. The van der Waals surface area contributed by atoms with Crippen LogP contribution < -0.4 is 5.32 Å². The molecule has 1 aromatic carbocycles. The van der Waals surface area contributed by atoms with Gasteiger partial charge in [0.1, 0.15) is 0 Å². The van der Waals surface area contributed by atoms with Gasteiger partial charge in [0.15, 0.2) is 5.69 Å². The Hall–Kier alpha value is -2.63. The maximum Gasteiger partial charge on any atom is 0.276 e. The van der Waals surface area contributed by atoms with Crippen LogP contribution in [0.1, 0.15) is 60.7 Å². The number of hydrogen-bond donors (Lipinski definition) is 2. The second kappa shape index (κ2) is 8.59. The number of aromatic nitrogens is 2. The van der Waals surface area contributed by atoms with E-state index in [4.69, 9.17) is 0 Å². The van der Waals surface area contributed by atoms with Crippen LogP contribution in [-0.2, 0) is 6.42 Å². The van der Waals surface area contributed by atoms with Gasteiger partial charge in [0.2, 0.25) is 0 Å². The molecule has 2 unspecified atom stereocenters. The number of aromatic amines is 1. The molecule has 2 amide bonds. The summed E-state index contributed by atoms with van der Waals surface area (Å²) < 4.78 is 0. The molecule has 2 aromatic rings. The van der Waals surface area contributed by atoms with Crippen LogP contribution >= 0.6 is 0 Å². The van der Waals surface area contributed by atoms with Crippen LogP contribution in [0, 0.1) is 17.8 Å².